The molecule has 0 unspecified atom stereocenters. The van der Waals surface area contributed by atoms with Gasteiger partial charge in [0.05, 0.1) is 17.6 Å². The number of hydrogen-bond donors (Lipinski definition) is 0. The molecule has 2 aromatic heterocycles. The molecule has 0 amide bonds. The largest absolute Gasteiger partial charge is 0.367 e. The SMILES string of the molecule is C=Cc1ncccc1CN1CCN(c2ccncc2F)CC1. The van der Waals surface area contributed by atoms with E-state index >= 15 is 0 Å². The van der Waals surface area contributed by atoms with Gasteiger partial charge in [0.15, 0.2) is 5.82 Å². The number of aromatic nitrogens is 2. The van der Waals surface area contributed by atoms with Crippen LogP contribution in [-0.2, 0) is 6.54 Å². The van der Waals surface area contributed by atoms with Gasteiger partial charge in [-0.1, -0.05) is 12.6 Å². The third kappa shape index (κ3) is 3.14. The van der Waals surface area contributed by atoms with Crippen molar-refractivity contribution in [3.05, 3.63) is 60.4 Å². The van der Waals surface area contributed by atoms with Crippen molar-refractivity contribution in [3.63, 3.8) is 0 Å². The van der Waals surface area contributed by atoms with Gasteiger partial charge in [-0.05, 0) is 23.8 Å². The zero-order valence-electron chi connectivity index (χ0n) is 12.5. The molecule has 1 saturated heterocycles. The molecule has 3 heterocycles. The van der Waals surface area contributed by atoms with Crippen molar-refractivity contribution in [3.8, 4) is 0 Å². The van der Waals surface area contributed by atoms with Crippen LogP contribution in [0.2, 0.25) is 0 Å². The highest BCUT2D eigenvalue weighted by Crippen LogP contribution is 2.20. The first-order valence-electron chi connectivity index (χ1n) is 7.41. The molecular formula is C17H19FN4. The summed E-state index contributed by atoms with van der Waals surface area (Å²) in [6.45, 7) is 8.07. The number of halogens is 1. The standard InChI is InChI=1S/C17H19FN4/c1-2-16-14(4-3-6-20-16)13-21-8-10-22(11-9-21)17-5-7-19-12-15(17)18/h2-7,12H,1,8-11,13H2. The van der Waals surface area contributed by atoms with Gasteiger partial charge in [0.25, 0.3) is 0 Å². The fourth-order valence-corrected chi connectivity index (χ4v) is 2.78. The van der Waals surface area contributed by atoms with Gasteiger partial charge in [0.1, 0.15) is 0 Å². The maximum absolute atomic E-state index is 13.8. The average molecular weight is 298 g/mol. The minimum Gasteiger partial charge on any atom is -0.367 e. The van der Waals surface area contributed by atoms with Gasteiger partial charge < -0.3 is 4.90 Å². The molecule has 1 aliphatic heterocycles. The fourth-order valence-electron chi connectivity index (χ4n) is 2.78. The first kappa shape index (κ1) is 14.7. The highest BCUT2D eigenvalue weighted by atomic mass is 19.1. The summed E-state index contributed by atoms with van der Waals surface area (Å²) in [5.41, 5.74) is 2.76. The zero-order chi connectivity index (χ0) is 15.4. The van der Waals surface area contributed by atoms with E-state index in [4.69, 9.17) is 0 Å². The Balaban J connectivity index is 1.63. The van der Waals surface area contributed by atoms with Crippen LogP contribution >= 0.6 is 0 Å². The van der Waals surface area contributed by atoms with Crippen molar-refractivity contribution in [1.29, 1.82) is 0 Å². The van der Waals surface area contributed by atoms with Crippen molar-refractivity contribution in [2.24, 2.45) is 0 Å². The van der Waals surface area contributed by atoms with Crippen LogP contribution in [0.4, 0.5) is 10.1 Å². The van der Waals surface area contributed by atoms with Gasteiger partial charge in [-0.2, -0.15) is 0 Å². The number of nitrogens with zero attached hydrogens (tertiary/aromatic N) is 4. The Labute approximate surface area is 129 Å². The van der Waals surface area contributed by atoms with Crippen molar-refractivity contribution >= 4 is 11.8 Å². The van der Waals surface area contributed by atoms with Crippen LogP contribution in [0.15, 0.2) is 43.4 Å². The summed E-state index contributed by atoms with van der Waals surface area (Å²) in [6, 6.07) is 5.77. The Morgan fingerprint density at radius 3 is 2.73 bits per heavy atom. The topological polar surface area (TPSA) is 32.3 Å². The molecule has 114 valence electrons. The molecule has 1 fully saturated rings. The van der Waals surface area contributed by atoms with E-state index in [1.54, 1.807) is 24.5 Å². The van der Waals surface area contributed by atoms with E-state index in [0.717, 1.165) is 38.4 Å². The molecule has 5 heteroatoms. The van der Waals surface area contributed by atoms with Gasteiger partial charge in [-0.15, -0.1) is 0 Å². The summed E-state index contributed by atoms with van der Waals surface area (Å²) >= 11 is 0. The lowest BCUT2D eigenvalue weighted by atomic mass is 10.1. The molecule has 0 aliphatic carbocycles. The number of pyridine rings is 2. The summed E-state index contributed by atoms with van der Waals surface area (Å²) in [5.74, 6) is -0.253. The van der Waals surface area contributed by atoms with Crippen molar-refractivity contribution in [1.82, 2.24) is 14.9 Å². The zero-order valence-corrected chi connectivity index (χ0v) is 12.5. The number of hydrogen-bond acceptors (Lipinski definition) is 4. The van der Waals surface area contributed by atoms with Crippen LogP contribution in [0, 0.1) is 5.82 Å². The molecule has 0 atom stereocenters. The second-order valence-corrected chi connectivity index (χ2v) is 5.34. The Morgan fingerprint density at radius 1 is 1.18 bits per heavy atom. The lowest BCUT2D eigenvalue weighted by Gasteiger charge is -2.36. The molecule has 0 spiro atoms. The molecule has 0 saturated carbocycles. The van der Waals surface area contributed by atoms with E-state index < -0.39 is 0 Å². The lowest BCUT2D eigenvalue weighted by Crippen LogP contribution is -2.46. The van der Waals surface area contributed by atoms with Crippen molar-refractivity contribution < 1.29 is 4.39 Å². The number of piperazine rings is 1. The summed E-state index contributed by atoms with van der Waals surface area (Å²) in [6.07, 6.45) is 6.48. The second kappa shape index (κ2) is 6.66. The predicted octanol–water partition coefficient (Wildman–Crippen LogP) is 2.58. The van der Waals surface area contributed by atoms with Crippen LogP contribution in [0.5, 0.6) is 0 Å². The maximum Gasteiger partial charge on any atom is 0.164 e. The van der Waals surface area contributed by atoms with E-state index in [-0.39, 0.29) is 5.82 Å². The maximum atomic E-state index is 13.8. The van der Waals surface area contributed by atoms with Gasteiger partial charge in [-0.3, -0.25) is 14.9 Å². The number of rotatable bonds is 4. The Kier molecular flexibility index (Phi) is 4.44. The molecule has 1 aliphatic rings. The Morgan fingerprint density at radius 2 is 2.00 bits per heavy atom. The van der Waals surface area contributed by atoms with Crippen LogP contribution < -0.4 is 4.90 Å². The highest BCUT2D eigenvalue weighted by Gasteiger charge is 2.20. The minimum absolute atomic E-state index is 0.253. The molecule has 3 rings (SSSR count). The molecule has 22 heavy (non-hydrogen) atoms. The molecular weight excluding hydrogens is 279 g/mol. The van der Waals surface area contributed by atoms with Crippen LogP contribution in [0.25, 0.3) is 6.08 Å². The average Bonchev–Trinajstić information content (AvgIpc) is 2.57. The second-order valence-electron chi connectivity index (χ2n) is 5.34. The summed E-state index contributed by atoms with van der Waals surface area (Å²) < 4.78 is 13.8. The van der Waals surface area contributed by atoms with Gasteiger partial charge in [0, 0.05) is 45.1 Å². The molecule has 4 nitrogen and oxygen atoms in total. The Hall–Kier alpha value is -2.27. The van der Waals surface area contributed by atoms with E-state index in [2.05, 4.69) is 32.4 Å². The quantitative estimate of drug-likeness (QED) is 0.868. The highest BCUT2D eigenvalue weighted by molar-refractivity contribution is 5.47. The molecule has 0 N–H and O–H groups in total. The van der Waals surface area contributed by atoms with Crippen LogP contribution in [0.3, 0.4) is 0 Å². The number of anilines is 1. The first-order chi connectivity index (χ1) is 10.8. The summed E-state index contributed by atoms with van der Waals surface area (Å²) in [5, 5.41) is 0. The monoisotopic (exact) mass is 298 g/mol. The lowest BCUT2D eigenvalue weighted by molar-refractivity contribution is 0.249. The molecule has 0 radical (unpaired) electrons. The van der Waals surface area contributed by atoms with E-state index in [9.17, 15) is 4.39 Å². The summed E-state index contributed by atoms with van der Waals surface area (Å²) in [4.78, 5) is 12.6. The van der Waals surface area contributed by atoms with Gasteiger partial charge in [-0.25, -0.2) is 4.39 Å². The first-order valence-corrected chi connectivity index (χ1v) is 7.41. The third-order valence-electron chi connectivity index (χ3n) is 3.98. The van der Waals surface area contributed by atoms with Gasteiger partial charge in [0.2, 0.25) is 0 Å². The third-order valence-corrected chi connectivity index (χ3v) is 3.98. The van der Waals surface area contributed by atoms with Crippen LogP contribution in [0.1, 0.15) is 11.3 Å². The van der Waals surface area contributed by atoms with Gasteiger partial charge >= 0.3 is 0 Å². The predicted molar refractivity (Wildman–Crippen MR) is 86.0 cm³/mol. The van der Waals surface area contributed by atoms with E-state index in [1.807, 2.05) is 6.07 Å². The van der Waals surface area contributed by atoms with Crippen molar-refractivity contribution in [2.45, 2.75) is 6.54 Å². The van der Waals surface area contributed by atoms with E-state index in [1.165, 1.54) is 11.8 Å². The van der Waals surface area contributed by atoms with E-state index in [0.29, 0.717) is 5.69 Å². The smallest absolute Gasteiger partial charge is 0.164 e. The Bertz CT molecular complexity index is 651. The fraction of sp³-hybridized carbons (Fsp3) is 0.294. The van der Waals surface area contributed by atoms with Crippen LogP contribution in [-0.4, -0.2) is 41.0 Å². The molecule has 0 bridgehead atoms. The minimum atomic E-state index is -0.253. The molecule has 2 aromatic rings. The van der Waals surface area contributed by atoms with Crippen molar-refractivity contribution in [2.75, 3.05) is 31.1 Å². The normalized spacial score (nSPS) is 15.8. The molecule has 0 aromatic carbocycles. The summed E-state index contributed by atoms with van der Waals surface area (Å²) in [7, 11) is 0.